The highest BCUT2D eigenvalue weighted by Crippen LogP contribution is 2.31. The molecule has 0 aliphatic carbocycles. The molecular weight excluding hydrogens is 255 g/mol. The molecular formula is C14H10ClFO2. The van der Waals surface area contributed by atoms with Gasteiger partial charge in [-0.25, -0.2) is 9.18 Å². The quantitative estimate of drug-likeness (QED) is 0.885. The summed E-state index contributed by atoms with van der Waals surface area (Å²) in [5.74, 6) is -1.51. The van der Waals surface area contributed by atoms with Crippen molar-refractivity contribution in [3.63, 3.8) is 0 Å². The van der Waals surface area contributed by atoms with Gasteiger partial charge in [0.15, 0.2) is 0 Å². The number of aromatic carboxylic acids is 1. The first-order valence-corrected chi connectivity index (χ1v) is 5.67. The van der Waals surface area contributed by atoms with E-state index in [1.807, 2.05) is 0 Å². The Kier molecular flexibility index (Phi) is 3.34. The Hall–Kier alpha value is -1.87. The van der Waals surface area contributed by atoms with Crippen LogP contribution in [0, 0.1) is 12.7 Å². The molecule has 92 valence electrons. The van der Waals surface area contributed by atoms with Gasteiger partial charge in [0, 0.05) is 5.56 Å². The zero-order valence-electron chi connectivity index (χ0n) is 9.58. The number of halogens is 2. The van der Waals surface area contributed by atoms with E-state index >= 15 is 0 Å². The standard InChI is InChI=1S/C14H10ClFO2/c1-8-5-6-9(7-10(8)14(17)18)13-11(15)3-2-4-12(13)16/h2-7H,1H3,(H,17,18). The Labute approximate surface area is 109 Å². The SMILES string of the molecule is Cc1ccc(-c2c(F)cccc2Cl)cc1C(=O)O. The molecule has 0 amide bonds. The molecule has 0 saturated heterocycles. The van der Waals surface area contributed by atoms with Crippen molar-refractivity contribution in [2.24, 2.45) is 0 Å². The van der Waals surface area contributed by atoms with E-state index < -0.39 is 11.8 Å². The minimum absolute atomic E-state index is 0.145. The summed E-state index contributed by atoms with van der Waals surface area (Å²) in [6.07, 6.45) is 0. The number of carbonyl (C=O) groups is 1. The second kappa shape index (κ2) is 4.78. The van der Waals surface area contributed by atoms with Crippen molar-refractivity contribution in [3.8, 4) is 11.1 Å². The van der Waals surface area contributed by atoms with E-state index in [9.17, 15) is 9.18 Å². The zero-order chi connectivity index (χ0) is 13.3. The maximum atomic E-state index is 13.7. The number of hydrogen-bond acceptors (Lipinski definition) is 1. The first-order chi connectivity index (χ1) is 8.50. The van der Waals surface area contributed by atoms with Gasteiger partial charge in [-0.05, 0) is 36.2 Å². The minimum atomic E-state index is -1.04. The Bertz CT molecular complexity index is 603. The van der Waals surface area contributed by atoms with Crippen LogP contribution >= 0.6 is 11.6 Å². The molecule has 0 heterocycles. The lowest BCUT2D eigenvalue weighted by Crippen LogP contribution is -2.00. The molecule has 2 rings (SSSR count). The average molecular weight is 265 g/mol. The van der Waals surface area contributed by atoms with Crippen molar-refractivity contribution >= 4 is 17.6 Å². The van der Waals surface area contributed by atoms with E-state index in [0.29, 0.717) is 11.1 Å². The first-order valence-electron chi connectivity index (χ1n) is 5.29. The normalized spacial score (nSPS) is 10.4. The third-order valence-electron chi connectivity index (χ3n) is 2.72. The summed E-state index contributed by atoms with van der Waals surface area (Å²) in [6, 6.07) is 9.10. The molecule has 1 N–H and O–H groups in total. The lowest BCUT2D eigenvalue weighted by molar-refractivity contribution is 0.0696. The molecule has 0 atom stereocenters. The molecule has 0 aliphatic rings. The molecule has 0 spiro atoms. The van der Waals surface area contributed by atoms with Crippen LogP contribution in [0.25, 0.3) is 11.1 Å². The highest BCUT2D eigenvalue weighted by molar-refractivity contribution is 6.33. The van der Waals surface area contributed by atoms with Gasteiger partial charge in [0.1, 0.15) is 5.82 Å². The number of benzene rings is 2. The van der Waals surface area contributed by atoms with Gasteiger partial charge >= 0.3 is 5.97 Å². The molecule has 4 heteroatoms. The number of carboxylic acids is 1. The lowest BCUT2D eigenvalue weighted by atomic mass is 9.99. The Balaban J connectivity index is 2.65. The molecule has 0 aliphatic heterocycles. The van der Waals surface area contributed by atoms with E-state index in [-0.39, 0.29) is 16.1 Å². The topological polar surface area (TPSA) is 37.3 Å². The van der Waals surface area contributed by atoms with Crippen molar-refractivity contribution in [2.45, 2.75) is 6.92 Å². The van der Waals surface area contributed by atoms with Gasteiger partial charge in [-0.3, -0.25) is 0 Å². The van der Waals surface area contributed by atoms with E-state index in [0.717, 1.165) is 0 Å². The van der Waals surface area contributed by atoms with Crippen LogP contribution in [0.15, 0.2) is 36.4 Å². The van der Waals surface area contributed by atoms with E-state index in [1.54, 1.807) is 25.1 Å². The van der Waals surface area contributed by atoms with E-state index in [1.165, 1.54) is 18.2 Å². The van der Waals surface area contributed by atoms with Crippen LogP contribution in [0.1, 0.15) is 15.9 Å². The van der Waals surface area contributed by atoms with Crippen molar-refractivity contribution in [3.05, 3.63) is 58.4 Å². The fraction of sp³-hybridized carbons (Fsp3) is 0.0714. The highest BCUT2D eigenvalue weighted by Gasteiger charge is 2.13. The summed E-state index contributed by atoms with van der Waals surface area (Å²) in [7, 11) is 0. The number of rotatable bonds is 2. The monoisotopic (exact) mass is 264 g/mol. The molecule has 2 aromatic rings. The number of carboxylic acid groups (broad SMARTS) is 1. The predicted molar refractivity (Wildman–Crippen MR) is 68.5 cm³/mol. The van der Waals surface area contributed by atoms with Gasteiger partial charge in [0.25, 0.3) is 0 Å². The van der Waals surface area contributed by atoms with Crippen LogP contribution in [0.5, 0.6) is 0 Å². The molecule has 2 aromatic carbocycles. The third kappa shape index (κ3) is 2.22. The van der Waals surface area contributed by atoms with Crippen LogP contribution in [0.3, 0.4) is 0 Å². The Morgan fingerprint density at radius 1 is 1.28 bits per heavy atom. The molecule has 0 fully saturated rings. The zero-order valence-corrected chi connectivity index (χ0v) is 10.3. The average Bonchev–Trinajstić information content (AvgIpc) is 2.30. The largest absolute Gasteiger partial charge is 0.478 e. The molecule has 0 unspecified atom stereocenters. The van der Waals surface area contributed by atoms with Gasteiger partial charge in [-0.2, -0.15) is 0 Å². The second-order valence-corrected chi connectivity index (χ2v) is 4.34. The summed E-state index contributed by atoms with van der Waals surface area (Å²) < 4.78 is 13.7. The Morgan fingerprint density at radius 3 is 2.61 bits per heavy atom. The van der Waals surface area contributed by atoms with Gasteiger partial charge in [0.05, 0.1) is 10.6 Å². The molecule has 18 heavy (non-hydrogen) atoms. The van der Waals surface area contributed by atoms with Crippen molar-refractivity contribution in [2.75, 3.05) is 0 Å². The van der Waals surface area contributed by atoms with Crippen LogP contribution in [0.2, 0.25) is 5.02 Å². The first kappa shape index (κ1) is 12.6. The van der Waals surface area contributed by atoms with Crippen molar-refractivity contribution < 1.29 is 14.3 Å². The fourth-order valence-corrected chi connectivity index (χ4v) is 2.05. The van der Waals surface area contributed by atoms with Gasteiger partial charge in [0.2, 0.25) is 0 Å². The van der Waals surface area contributed by atoms with Crippen molar-refractivity contribution in [1.82, 2.24) is 0 Å². The van der Waals surface area contributed by atoms with Crippen molar-refractivity contribution in [1.29, 1.82) is 0 Å². The lowest BCUT2D eigenvalue weighted by Gasteiger charge is -2.08. The fourth-order valence-electron chi connectivity index (χ4n) is 1.78. The molecule has 0 aromatic heterocycles. The predicted octanol–water partition coefficient (Wildman–Crippen LogP) is 4.15. The summed E-state index contributed by atoms with van der Waals surface area (Å²) in [6.45, 7) is 1.69. The molecule has 0 saturated carbocycles. The highest BCUT2D eigenvalue weighted by atomic mass is 35.5. The van der Waals surface area contributed by atoms with Crippen LogP contribution < -0.4 is 0 Å². The molecule has 0 bridgehead atoms. The van der Waals surface area contributed by atoms with Gasteiger partial charge in [-0.15, -0.1) is 0 Å². The minimum Gasteiger partial charge on any atom is -0.478 e. The van der Waals surface area contributed by atoms with E-state index in [2.05, 4.69) is 0 Å². The van der Waals surface area contributed by atoms with Gasteiger partial charge < -0.3 is 5.11 Å². The molecule has 2 nitrogen and oxygen atoms in total. The van der Waals surface area contributed by atoms with Gasteiger partial charge in [-0.1, -0.05) is 29.8 Å². The van der Waals surface area contributed by atoms with E-state index in [4.69, 9.17) is 16.7 Å². The second-order valence-electron chi connectivity index (χ2n) is 3.93. The summed E-state index contributed by atoms with van der Waals surface area (Å²) in [5, 5.41) is 9.31. The van der Waals surface area contributed by atoms with Crippen LogP contribution in [-0.4, -0.2) is 11.1 Å². The number of hydrogen-bond donors (Lipinski definition) is 1. The Morgan fingerprint density at radius 2 is 2.00 bits per heavy atom. The number of aryl methyl sites for hydroxylation is 1. The van der Waals surface area contributed by atoms with Crippen LogP contribution in [-0.2, 0) is 0 Å². The molecule has 0 radical (unpaired) electrons. The third-order valence-corrected chi connectivity index (χ3v) is 3.03. The summed E-state index contributed by atoms with van der Waals surface area (Å²) in [4.78, 5) is 11.0. The maximum Gasteiger partial charge on any atom is 0.335 e. The smallest absolute Gasteiger partial charge is 0.335 e. The summed E-state index contributed by atoms with van der Waals surface area (Å²) in [5.41, 5.74) is 1.45. The summed E-state index contributed by atoms with van der Waals surface area (Å²) >= 11 is 5.95. The van der Waals surface area contributed by atoms with Crippen LogP contribution in [0.4, 0.5) is 4.39 Å². The maximum absolute atomic E-state index is 13.7.